The number of carbonyl (C=O) groups is 1. The fourth-order valence-corrected chi connectivity index (χ4v) is 4.86. The summed E-state index contributed by atoms with van der Waals surface area (Å²) >= 11 is 1.35. The third-order valence-corrected chi connectivity index (χ3v) is 7.64. The van der Waals surface area contributed by atoms with Crippen molar-refractivity contribution >= 4 is 29.2 Å². The van der Waals surface area contributed by atoms with Gasteiger partial charge < -0.3 is 15.2 Å². The molecule has 37 heavy (non-hydrogen) atoms. The van der Waals surface area contributed by atoms with E-state index in [9.17, 15) is 23.1 Å². The molecule has 1 amide bonds. The summed E-state index contributed by atoms with van der Waals surface area (Å²) in [4.78, 5) is 31.4. The summed E-state index contributed by atoms with van der Waals surface area (Å²) in [7, 11) is 0. The molecule has 0 bridgehead atoms. The number of aromatic nitrogens is 4. The van der Waals surface area contributed by atoms with Crippen LogP contribution < -0.4 is 10.2 Å². The smallest absolute Gasteiger partial charge is 0.416 e. The van der Waals surface area contributed by atoms with Crippen molar-refractivity contribution in [3.05, 3.63) is 47.0 Å². The highest BCUT2D eigenvalue weighted by atomic mass is 32.1. The molecule has 0 saturated carbocycles. The van der Waals surface area contributed by atoms with Gasteiger partial charge in [0, 0.05) is 12.4 Å². The maximum atomic E-state index is 13.5. The Hall–Kier alpha value is -3.32. The number of pyridine rings is 1. The number of aryl methyl sites for hydroxylation is 1. The zero-order valence-corrected chi connectivity index (χ0v) is 21.7. The zero-order chi connectivity index (χ0) is 27.1. The van der Waals surface area contributed by atoms with Crippen molar-refractivity contribution in [1.29, 1.82) is 0 Å². The molecule has 3 aromatic heterocycles. The summed E-state index contributed by atoms with van der Waals surface area (Å²) in [6, 6.07) is 3.75. The van der Waals surface area contributed by atoms with Crippen LogP contribution >= 0.6 is 11.3 Å². The number of aliphatic hydroxyl groups excluding tert-OH is 1. The van der Waals surface area contributed by atoms with Crippen molar-refractivity contribution in [2.75, 3.05) is 16.8 Å². The Morgan fingerprint density at radius 1 is 1.19 bits per heavy atom. The van der Waals surface area contributed by atoms with E-state index in [4.69, 9.17) is 4.74 Å². The molecule has 13 heteroatoms. The summed E-state index contributed by atoms with van der Waals surface area (Å²) < 4.78 is 45.7. The average molecular weight is 537 g/mol. The Morgan fingerprint density at radius 2 is 1.89 bits per heavy atom. The zero-order valence-electron chi connectivity index (χ0n) is 20.9. The van der Waals surface area contributed by atoms with Gasteiger partial charge in [0.05, 0.1) is 28.4 Å². The number of cyclic esters (lactones) is 1. The normalized spacial score (nSPS) is 18.0. The molecule has 1 unspecified atom stereocenters. The Bertz CT molecular complexity index is 1300. The summed E-state index contributed by atoms with van der Waals surface area (Å²) in [5.41, 5.74) is -0.897. The van der Waals surface area contributed by atoms with Crippen LogP contribution in [0.5, 0.6) is 0 Å². The van der Waals surface area contributed by atoms with Crippen molar-refractivity contribution in [3.63, 3.8) is 0 Å². The largest absolute Gasteiger partial charge is 0.447 e. The molecule has 3 aromatic rings. The van der Waals surface area contributed by atoms with E-state index in [1.54, 1.807) is 26.0 Å². The first-order valence-electron chi connectivity index (χ1n) is 11.5. The van der Waals surface area contributed by atoms with Gasteiger partial charge in [-0.2, -0.15) is 18.2 Å². The summed E-state index contributed by atoms with van der Waals surface area (Å²) in [5.74, 6) is 0.521. The minimum atomic E-state index is -4.44. The first-order chi connectivity index (χ1) is 17.3. The number of nitrogens with zero attached hydrogens (tertiary/aromatic N) is 5. The van der Waals surface area contributed by atoms with Gasteiger partial charge >= 0.3 is 12.3 Å². The van der Waals surface area contributed by atoms with E-state index in [0.717, 1.165) is 18.7 Å². The number of ether oxygens (including phenoxy) is 1. The van der Waals surface area contributed by atoms with Gasteiger partial charge in [0.1, 0.15) is 28.9 Å². The van der Waals surface area contributed by atoms with Gasteiger partial charge in [-0.15, -0.1) is 11.3 Å². The van der Waals surface area contributed by atoms with Crippen molar-refractivity contribution in [2.24, 2.45) is 0 Å². The molecule has 1 saturated heterocycles. The topological polar surface area (TPSA) is 113 Å². The second-order valence-corrected chi connectivity index (χ2v) is 10.4. The molecule has 1 fully saturated rings. The predicted molar refractivity (Wildman–Crippen MR) is 133 cm³/mol. The lowest BCUT2D eigenvalue weighted by atomic mass is 9.87. The van der Waals surface area contributed by atoms with Crippen LogP contribution in [0.4, 0.5) is 29.7 Å². The third-order valence-electron chi connectivity index (χ3n) is 6.25. The fourth-order valence-electron chi connectivity index (χ4n) is 3.79. The van der Waals surface area contributed by atoms with Crippen LogP contribution in [0.3, 0.4) is 0 Å². The Balaban J connectivity index is 1.56. The Labute approximate surface area is 215 Å². The summed E-state index contributed by atoms with van der Waals surface area (Å²) in [6.07, 6.45) is -3.00. The first-order valence-corrected chi connectivity index (χ1v) is 12.4. The van der Waals surface area contributed by atoms with Crippen LogP contribution in [-0.2, 0) is 10.2 Å². The van der Waals surface area contributed by atoms with Gasteiger partial charge in [0.25, 0.3) is 0 Å². The number of alkyl halides is 3. The van der Waals surface area contributed by atoms with Crippen LogP contribution in [0.2, 0.25) is 0 Å². The molecule has 0 aromatic carbocycles. The standard InChI is InChI=1S/C24H27F3N6O3S/c1-12-19(15-6-8-28-17(10-15)23(4,5)24(25,26)27)37-20(30-12)13(2)31-21-29-9-7-18(32-21)33-16(14(3)34)11-36-22(33)35/h6-10,13-14,16,34H,11H2,1-5H3,(H,29,31,32)/t13-,14+,16?/m0/s1. The molecule has 4 rings (SSSR count). The number of amides is 1. The second kappa shape index (κ2) is 9.86. The summed E-state index contributed by atoms with van der Waals surface area (Å²) in [6.45, 7) is 7.48. The number of hydrogen-bond donors (Lipinski definition) is 2. The van der Waals surface area contributed by atoms with E-state index in [0.29, 0.717) is 16.3 Å². The van der Waals surface area contributed by atoms with Gasteiger partial charge in [-0.3, -0.25) is 9.88 Å². The molecule has 1 aliphatic heterocycles. The molecule has 3 atom stereocenters. The highest BCUT2D eigenvalue weighted by Crippen LogP contribution is 2.41. The van der Waals surface area contributed by atoms with Crippen molar-refractivity contribution in [1.82, 2.24) is 19.9 Å². The number of nitrogens with one attached hydrogen (secondary N) is 1. The van der Waals surface area contributed by atoms with E-state index in [-0.39, 0.29) is 30.1 Å². The minimum Gasteiger partial charge on any atom is -0.447 e. The number of anilines is 2. The number of carbonyl (C=O) groups excluding carboxylic acids is 1. The SMILES string of the molecule is Cc1nc([C@H](C)Nc2nccc(N3C(=O)OCC3[C@@H](C)O)n2)sc1-c1ccnc(C(C)(C)C(F)(F)F)c1. The van der Waals surface area contributed by atoms with E-state index in [1.165, 1.54) is 34.7 Å². The third kappa shape index (κ3) is 5.23. The Morgan fingerprint density at radius 3 is 2.57 bits per heavy atom. The number of hydrogen-bond acceptors (Lipinski definition) is 9. The molecular formula is C24H27F3N6O3S. The van der Waals surface area contributed by atoms with E-state index < -0.39 is 29.8 Å². The molecule has 198 valence electrons. The van der Waals surface area contributed by atoms with Crippen molar-refractivity contribution in [3.8, 4) is 10.4 Å². The Kier molecular flexibility index (Phi) is 7.12. The van der Waals surface area contributed by atoms with Gasteiger partial charge in [-0.05, 0) is 58.4 Å². The van der Waals surface area contributed by atoms with Crippen molar-refractivity contribution < 1.29 is 27.8 Å². The molecule has 1 aliphatic rings. The van der Waals surface area contributed by atoms with Crippen LogP contribution in [0.15, 0.2) is 30.6 Å². The van der Waals surface area contributed by atoms with Crippen LogP contribution in [-0.4, -0.2) is 56.1 Å². The van der Waals surface area contributed by atoms with Crippen LogP contribution in [0.1, 0.15) is 50.1 Å². The molecule has 0 radical (unpaired) electrons. The van der Waals surface area contributed by atoms with Gasteiger partial charge in [0.15, 0.2) is 0 Å². The van der Waals surface area contributed by atoms with E-state index in [1.807, 2.05) is 6.92 Å². The van der Waals surface area contributed by atoms with E-state index >= 15 is 0 Å². The van der Waals surface area contributed by atoms with Gasteiger partial charge in [0.2, 0.25) is 5.95 Å². The molecule has 4 heterocycles. The maximum Gasteiger partial charge on any atom is 0.416 e. The lowest BCUT2D eigenvalue weighted by molar-refractivity contribution is -0.181. The highest BCUT2D eigenvalue weighted by molar-refractivity contribution is 7.15. The molecule has 0 spiro atoms. The lowest BCUT2D eigenvalue weighted by Crippen LogP contribution is -2.41. The lowest BCUT2D eigenvalue weighted by Gasteiger charge is -2.27. The maximum absolute atomic E-state index is 13.5. The van der Waals surface area contributed by atoms with Crippen LogP contribution in [0, 0.1) is 6.92 Å². The molecule has 2 N–H and O–H groups in total. The van der Waals surface area contributed by atoms with Gasteiger partial charge in [-0.25, -0.2) is 14.8 Å². The average Bonchev–Trinajstić information content (AvgIpc) is 3.41. The fraction of sp³-hybridized carbons (Fsp3) is 0.458. The number of thiazole rings is 1. The molecule has 9 nitrogen and oxygen atoms in total. The first kappa shape index (κ1) is 26.7. The number of rotatable bonds is 7. The monoisotopic (exact) mass is 536 g/mol. The van der Waals surface area contributed by atoms with E-state index in [2.05, 4.69) is 25.3 Å². The predicted octanol–water partition coefficient (Wildman–Crippen LogP) is 5.02. The van der Waals surface area contributed by atoms with Crippen molar-refractivity contribution in [2.45, 2.75) is 64.4 Å². The second-order valence-electron chi connectivity index (χ2n) is 9.38. The number of aliphatic hydroxyl groups is 1. The minimum absolute atomic E-state index is 0.0533. The summed E-state index contributed by atoms with van der Waals surface area (Å²) in [5, 5.41) is 13.8. The quantitative estimate of drug-likeness (QED) is 0.433. The molecule has 0 aliphatic carbocycles. The highest BCUT2D eigenvalue weighted by Gasteiger charge is 2.49. The molecular weight excluding hydrogens is 509 g/mol. The number of halogens is 3. The van der Waals surface area contributed by atoms with Crippen LogP contribution in [0.25, 0.3) is 10.4 Å². The van der Waals surface area contributed by atoms with Gasteiger partial charge in [-0.1, -0.05) is 0 Å².